The van der Waals surface area contributed by atoms with Crippen molar-refractivity contribution in [2.24, 2.45) is 0 Å². The van der Waals surface area contributed by atoms with Crippen molar-refractivity contribution in [2.75, 3.05) is 7.11 Å². The van der Waals surface area contributed by atoms with Gasteiger partial charge in [0.1, 0.15) is 6.33 Å². The van der Waals surface area contributed by atoms with Crippen LogP contribution in [-0.4, -0.2) is 27.8 Å². The number of thiazole rings is 1. The molecule has 0 aliphatic rings. The normalized spacial score (nSPS) is 10.4. The molecule has 6 heteroatoms. The van der Waals surface area contributed by atoms with Gasteiger partial charge in [-0.3, -0.25) is 4.79 Å². The first-order valence-corrected chi connectivity index (χ1v) is 6.24. The van der Waals surface area contributed by atoms with Crippen molar-refractivity contribution in [1.29, 1.82) is 0 Å². The molecule has 0 radical (unpaired) electrons. The molecular weight excluding hydrogens is 250 g/mol. The van der Waals surface area contributed by atoms with Crippen LogP contribution >= 0.6 is 11.3 Å². The number of hydrogen-bond donors (Lipinski definition) is 0. The number of aromatic nitrogens is 3. The summed E-state index contributed by atoms with van der Waals surface area (Å²) in [6.45, 7) is 3.74. The summed E-state index contributed by atoms with van der Waals surface area (Å²) in [4.78, 5) is 25.0. The van der Waals surface area contributed by atoms with Gasteiger partial charge in [0.25, 0.3) is 0 Å². The zero-order valence-electron chi connectivity index (χ0n) is 10.4. The molecule has 0 saturated carbocycles. The van der Waals surface area contributed by atoms with E-state index < -0.39 is 0 Å². The van der Waals surface area contributed by atoms with Crippen molar-refractivity contribution < 1.29 is 9.53 Å². The summed E-state index contributed by atoms with van der Waals surface area (Å²) in [6, 6.07) is 1.67. The second-order valence-electron chi connectivity index (χ2n) is 3.80. The summed E-state index contributed by atoms with van der Waals surface area (Å²) in [5.74, 6) is 0.490. The van der Waals surface area contributed by atoms with Gasteiger partial charge >= 0.3 is 0 Å². The van der Waals surface area contributed by atoms with Crippen molar-refractivity contribution in [3.8, 4) is 5.88 Å². The molecule has 0 unspecified atom stereocenters. The highest BCUT2D eigenvalue weighted by Gasteiger charge is 2.15. The van der Waals surface area contributed by atoms with Crippen LogP contribution in [-0.2, 0) is 6.42 Å². The van der Waals surface area contributed by atoms with E-state index >= 15 is 0 Å². The van der Waals surface area contributed by atoms with Crippen molar-refractivity contribution in [2.45, 2.75) is 20.3 Å². The maximum atomic E-state index is 12.1. The van der Waals surface area contributed by atoms with E-state index in [1.54, 1.807) is 6.07 Å². The van der Waals surface area contributed by atoms with Crippen molar-refractivity contribution >= 4 is 17.1 Å². The van der Waals surface area contributed by atoms with Crippen LogP contribution in [0.3, 0.4) is 0 Å². The highest BCUT2D eigenvalue weighted by molar-refractivity contribution is 7.13. The van der Waals surface area contributed by atoms with Gasteiger partial charge in [0, 0.05) is 6.07 Å². The third-order valence-corrected chi connectivity index (χ3v) is 3.52. The maximum absolute atomic E-state index is 12.1. The van der Waals surface area contributed by atoms with Crippen molar-refractivity contribution in [1.82, 2.24) is 15.0 Å². The summed E-state index contributed by atoms with van der Waals surface area (Å²) in [7, 11) is 1.53. The van der Waals surface area contributed by atoms with E-state index in [0.29, 0.717) is 16.5 Å². The van der Waals surface area contributed by atoms with Gasteiger partial charge in [-0.15, -0.1) is 11.3 Å². The van der Waals surface area contributed by atoms with Gasteiger partial charge in [-0.05, 0) is 13.8 Å². The predicted molar refractivity (Wildman–Crippen MR) is 68.2 cm³/mol. The molecule has 0 spiro atoms. The van der Waals surface area contributed by atoms with E-state index in [9.17, 15) is 4.79 Å². The number of aryl methyl sites for hydroxylation is 2. The first-order chi connectivity index (χ1) is 8.60. The maximum Gasteiger partial charge on any atom is 0.216 e. The first-order valence-electron chi connectivity index (χ1n) is 5.42. The Morgan fingerprint density at radius 1 is 1.39 bits per heavy atom. The monoisotopic (exact) mass is 263 g/mol. The number of hydrogen-bond acceptors (Lipinski definition) is 6. The molecule has 5 nitrogen and oxygen atoms in total. The Bertz CT molecular complexity index is 580. The van der Waals surface area contributed by atoms with Gasteiger partial charge in [-0.1, -0.05) is 0 Å². The highest BCUT2D eigenvalue weighted by Crippen LogP contribution is 2.19. The predicted octanol–water partition coefficient (Wildman–Crippen LogP) is 1.98. The fourth-order valence-corrected chi connectivity index (χ4v) is 2.48. The van der Waals surface area contributed by atoms with Gasteiger partial charge in [0.15, 0.2) is 5.78 Å². The van der Waals surface area contributed by atoms with E-state index in [1.165, 1.54) is 24.8 Å². The number of ketones is 1. The van der Waals surface area contributed by atoms with Gasteiger partial charge in [0.2, 0.25) is 5.88 Å². The van der Waals surface area contributed by atoms with Crippen molar-refractivity contribution in [3.05, 3.63) is 33.7 Å². The first kappa shape index (κ1) is 12.6. The third kappa shape index (κ3) is 2.70. The highest BCUT2D eigenvalue weighted by atomic mass is 32.1. The van der Waals surface area contributed by atoms with Crippen LogP contribution in [0.2, 0.25) is 0 Å². The lowest BCUT2D eigenvalue weighted by atomic mass is 10.1. The number of ether oxygens (including phenoxy) is 1. The molecule has 2 rings (SSSR count). The Balaban J connectivity index is 2.18. The molecule has 2 aromatic rings. The quantitative estimate of drug-likeness (QED) is 0.789. The lowest BCUT2D eigenvalue weighted by Crippen LogP contribution is -2.05. The summed E-state index contributed by atoms with van der Waals surface area (Å²) >= 11 is 1.42. The Morgan fingerprint density at radius 2 is 2.17 bits per heavy atom. The Hall–Kier alpha value is -1.82. The molecular formula is C12H13N3O2S. The van der Waals surface area contributed by atoms with Crippen LogP contribution in [0.5, 0.6) is 5.88 Å². The molecule has 0 atom stereocenters. The van der Waals surface area contributed by atoms with Gasteiger partial charge in [-0.2, -0.15) is 0 Å². The molecule has 0 saturated heterocycles. The van der Waals surface area contributed by atoms with E-state index in [1.807, 2.05) is 13.8 Å². The molecule has 0 aliphatic carbocycles. The van der Waals surface area contributed by atoms with Gasteiger partial charge in [0.05, 0.1) is 34.8 Å². The molecule has 0 bridgehead atoms. The zero-order valence-corrected chi connectivity index (χ0v) is 11.2. The Labute approximate surface area is 109 Å². The van der Waals surface area contributed by atoms with E-state index in [4.69, 9.17) is 4.74 Å². The van der Waals surface area contributed by atoms with E-state index in [0.717, 1.165) is 10.7 Å². The topological polar surface area (TPSA) is 65.0 Å². The Morgan fingerprint density at radius 3 is 2.78 bits per heavy atom. The number of rotatable bonds is 4. The second-order valence-corrected chi connectivity index (χ2v) is 5.00. The molecule has 0 N–H and O–H groups in total. The molecule has 0 fully saturated rings. The minimum atomic E-state index is 0.0267. The summed E-state index contributed by atoms with van der Waals surface area (Å²) in [5, 5.41) is 0.899. The number of methoxy groups -OCH3 is 1. The number of Topliss-reactive ketones (excluding diaryl/α,β-unsaturated/α-hetero) is 1. The molecule has 0 aromatic carbocycles. The lowest BCUT2D eigenvalue weighted by Gasteiger charge is -2.01. The fraction of sp³-hybridized carbons (Fsp3) is 0.333. The van der Waals surface area contributed by atoms with Crippen LogP contribution in [0.1, 0.15) is 26.1 Å². The van der Waals surface area contributed by atoms with Crippen LogP contribution in [0.15, 0.2) is 12.4 Å². The minimum absolute atomic E-state index is 0.0267. The summed E-state index contributed by atoms with van der Waals surface area (Å²) in [6.07, 6.45) is 1.63. The smallest absolute Gasteiger partial charge is 0.216 e. The molecule has 18 heavy (non-hydrogen) atoms. The van der Waals surface area contributed by atoms with Gasteiger partial charge < -0.3 is 4.74 Å². The molecule has 94 valence electrons. The fourth-order valence-electron chi connectivity index (χ4n) is 1.62. The standard InChI is InChI=1S/C12H13N3O2S/c1-7-12(18-8(2)15-7)10(16)4-9-5-11(17-3)14-6-13-9/h5-6H,4H2,1-3H3. The summed E-state index contributed by atoms with van der Waals surface area (Å²) in [5.41, 5.74) is 1.43. The SMILES string of the molecule is COc1cc(CC(=O)c2sc(C)nc2C)ncn1. The largest absolute Gasteiger partial charge is 0.481 e. The number of carbonyl (C=O) groups is 1. The average molecular weight is 263 g/mol. The van der Waals surface area contributed by atoms with E-state index in [-0.39, 0.29) is 12.2 Å². The molecule has 0 amide bonds. The van der Waals surface area contributed by atoms with Crippen LogP contribution < -0.4 is 4.74 Å². The average Bonchev–Trinajstić information content (AvgIpc) is 2.69. The minimum Gasteiger partial charge on any atom is -0.481 e. The van der Waals surface area contributed by atoms with Crippen LogP contribution in [0.4, 0.5) is 0 Å². The number of nitrogens with zero attached hydrogens (tertiary/aromatic N) is 3. The second kappa shape index (κ2) is 5.22. The van der Waals surface area contributed by atoms with Gasteiger partial charge in [-0.25, -0.2) is 15.0 Å². The van der Waals surface area contributed by atoms with Crippen molar-refractivity contribution in [3.63, 3.8) is 0 Å². The molecule has 2 heterocycles. The molecule has 0 aliphatic heterocycles. The zero-order chi connectivity index (χ0) is 13.1. The van der Waals surface area contributed by atoms with Crippen LogP contribution in [0, 0.1) is 13.8 Å². The lowest BCUT2D eigenvalue weighted by molar-refractivity contribution is 0.0995. The Kier molecular flexibility index (Phi) is 3.66. The van der Waals surface area contributed by atoms with E-state index in [2.05, 4.69) is 15.0 Å². The molecule has 2 aromatic heterocycles. The van der Waals surface area contributed by atoms with Crippen LogP contribution in [0.25, 0.3) is 0 Å². The summed E-state index contributed by atoms with van der Waals surface area (Å²) < 4.78 is 5.00. The third-order valence-electron chi connectivity index (χ3n) is 2.41. The number of carbonyl (C=O) groups excluding carboxylic acids is 1.